The van der Waals surface area contributed by atoms with Gasteiger partial charge in [-0.2, -0.15) is 0 Å². The highest BCUT2D eigenvalue weighted by molar-refractivity contribution is 6.52. The van der Waals surface area contributed by atoms with E-state index in [1.54, 1.807) is 7.11 Å². The minimum atomic E-state index is 0.0540. The zero-order valence-corrected chi connectivity index (χ0v) is 15.2. The molecule has 0 heterocycles. The van der Waals surface area contributed by atoms with Crippen LogP contribution in [-0.2, 0) is 9.53 Å². The van der Waals surface area contributed by atoms with E-state index < -0.39 is 0 Å². The molecule has 0 aromatic heterocycles. The summed E-state index contributed by atoms with van der Waals surface area (Å²) in [4.78, 5) is 13.6. The third-order valence-electron chi connectivity index (χ3n) is 4.78. The van der Waals surface area contributed by atoms with Gasteiger partial charge in [-0.1, -0.05) is 91.0 Å². The van der Waals surface area contributed by atoms with Crippen LogP contribution >= 0.6 is 0 Å². The molecule has 2 heteroatoms. The second kappa shape index (κ2) is 7.56. The van der Waals surface area contributed by atoms with Gasteiger partial charge in [0.25, 0.3) is 0 Å². The molecule has 27 heavy (non-hydrogen) atoms. The van der Waals surface area contributed by atoms with Crippen molar-refractivity contribution in [2.75, 3.05) is 13.7 Å². The Morgan fingerprint density at radius 2 is 1.00 bits per heavy atom. The first-order valence-electron chi connectivity index (χ1n) is 8.99. The Hall–Kier alpha value is -3.23. The van der Waals surface area contributed by atoms with Crippen LogP contribution in [0.2, 0.25) is 0 Å². The SMILES string of the molecule is COCC1=C(c2ccccc2)C(=O)C(c2ccccc2)=C1c1ccccc1. The molecule has 0 spiro atoms. The Kier molecular flexibility index (Phi) is 4.82. The molecular weight excluding hydrogens is 332 g/mol. The normalized spacial score (nSPS) is 14.2. The Balaban J connectivity index is 2.01. The van der Waals surface area contributed by atoms with E-state index in [-0.39, 0.29) is 5.78 Å². The minimum Gasteiger partial charge on any atom is -0.380 e. The topological polar surface area (TPSA) is 26.3 Å². The third kappa shape index (κ3) is 3.16. The van der Waals surface area contributed by atoms with Gasteiger partial charge in [0.2, 0.25) is 0 Å². The first-order valence-corrected chi connectivity index (χ1v) is 8.99. The van der Waals surface area contributed by atoms with E-state index in [0.717, 1.165) is 39.0 Å². The lowest BCUT2D eigenvalue weighted by molar-refractivity contribution is -0.108. The molecule has 0 fully saturated rings. The van der Waals surface area contributed by atoms with Crippen LogP contribution in [-0.4, -0.2) is 19.5 Å². The fraction of sp³-hybridized carbons (Fsp3) is 0.0800. The quantitative estimate of drug-likeness (QED) is 0.624. The third-order valence-corrected chi connectivity index (χ3v) is 4.78. The van der Waals surface area contributed by atoms with Crippen molar-refractivity contribution in [3.8, 4) is 0 Å². The van der Waals surface area contributed by atoms with E-state index >= 15 is 0 Å². The second-order valence-corrected chi connectivity index (χ2v) is 6.46. The highest BCUT2D eigenvalue weighted by atomic mass is 16.5. The van der Waals surface area contributed by atoms with E-state index in [1.165, 1.54) is 0 Å². The van der Waals surface area contributed by atoms with Crippen molar-refractivity contribution in [1.82, 2.24) is 0 Å². The van der Waals surface area contributed by atoms with Crippen LogP contribution in [0.25, 0.3) is 16.7 Å². The molecule has 3 aromatic carbocycles. The van der Waals surface area contributed by atoms with E-state index in [4.69, 9.17) is 4.74 Å². The van der Waals surface area contributed by atoms with Crippen molar-refractivity contribution in [3.05, 3.63) is 113 Å². The van der Waals surface area contributed by atoms with Crippen molar-refractivity contribution in [1.29, 1.82) is 0 Å². The smallest absolute Gasteiger partial charge is 0.195 e. The lowest BCUT2D eigenvalue weighted by Gasteiger charge is -2.12. The number of methoxy groups -OCH3 is 1. The summed E-state index contributed by atoms with van der Waals surface area (Å²) < 4.78 is 5.52. The van der Waals surface area contributed by atoms with Gasteiger partial charge < -0.3 is 4.74 Å². The van der Waals surface area contributed by atoms with Crippen LogP contribution < -0.4 is 0 Å². The monoisotopic (exact) mass is 352 g/mol. The van der Waals surface area contributed by atoms with Crippen molar-refractivity contribution in [2.24, 2.45) is 0 Å². The number of hydrogen-bond acceptors (Lipinski definition) is 2. The van der Waals surface area contributed by atoms with E-state index in [2.05, 4.69) is 12.1 Å². The Labute approximate surface area is 159 Å². The number of benzene rings is 3. The molecule has 4 rings (SSSR count). The van der Waals surface area contributed by atoms with Crippen molar-refractivity contribution in [3.63, 3.8) is 0 Å². The largest absolute Gasteiger partial charge is 0.380 e. The van der Waals surface area contributed by atoms with Crippen LogP contribution in [0.4, 0.5) is 0 Å². The van der Waals surface area contributed by atoms with Gasteiger partial charge in [-0.3, -0.25) is 4.79 Å². The zero-order chi connectivity index (χ0) is 18.6. The molecule has 0 bridgehead atoms. The molecule has 2 nitrogen and oxygen atoms in total. The molecule has 1 aliphatic rings. The number of carbonyl (C=O) groups is 1. The number of Topliss-reactive ketones (excluding diaryl/α,β-unsaturated/α-hetero) is 1. The highest BCUT2D eigenvalue weighted by Crippen LogP contribution is 2.45. The number of ether oxygens (including phenoxy) is 1. The summed E-state index contributed by atoms with van der Waals surface area (Å²) in [6, 6.07) is 29.8. The minimum absolute atomic E-state index is 0.0540. The van der Waals surface area contributed by atoms with E-state index in [9.17, 15) is 4.79 Å². The van der Waals surface area contributed by atoms with Crippen molar-refractivity contribution in [2.45, 2.75) is 0 Å². The second-order valence-electron chi connectivity index (χ2n) is 6.46. The average Bonchev–Trinajstić information content (AvgIpc) is 3.02. The molecular formula is C25H20O2. The van der Waals surface area contributed by atoms with Gasteiger partial charge >= 0.3 is 0 Å². The number of carbonyl (C=O) groups excluding carboxylic acids is 1. The van der Waals surface area contributed by atoms with Gasteiger partial charge in [-0.05, 0) is 27.8 Å². The van der Waals surface area contributed by atoms with E-state index in [0.29, 0.717) is 6.61 Å². The van der Waals surface area contributed by atoms with Gasteiger partial charge in [-0.25, -0.2) is 0 Å². The molecule has 3 aromatic rings. The summed E-state index contributed by atoms with van der Waals surface area (Å²) >= 11 is 0. The standard InChI is InChI=1S/C25H20O2/c1-27-17-21-22(18-11-5-2-6-12-18)24(20-15-9-4-10-16-20)25(26)23(21)19-13-7-3-8-14-19/h2-16H,17H2,1H3. The molecule has 0 aliphatic heterocycles. The van der Waals surface area contributed by atoms with Crippen LogP contribution in [0, 0.1) is 0 Å². The predicted octanol–water partition coefficient (Wildman–Crippen LogP) is 5.28. The first-order chi connectivity index (χ1) is 13.3. The zero-order valence-electron chi connectivity index (χ0n) is 15.2. The molecule has 0 saturated heterocycles. The summed E-state index contributed by atoms with van der Waals surface area (Å²) in [7, 11) is 1.67. The molecule has 0 radical (unpaired) electrons. The molecule has 0 saturated carbocycles. The Morgan fingerprint density at radius 3 is 1.44 bits per heavy atom. The maximum atomic E-state index is 13.6. The summed E-state index contributed by atoms with van der Waals surface area (Å²) in [6.07, 6.45) is 0. The van der Waals surface area contributed by atoms with Crippen LogP contribution in [0.3, 0.4) is 0 Å². The summed E-state index contributed by atoms with van der Waals surface area (Å²) in [5.74, 6) is 0.0540. The first kappa shape index (κ1) is 17.2. The molecule has 1 aliphatic carbocycles. The maximum absolute atomic E-state index is 13.6. The van der Waals surface area contributed by atoms with Gasteiger partial charge in [0.15, 0.2) is 5.78 Å². The van der Waals surface area contributed by atoms with Crippen LogP contribution in [0.15, 0.2) is 96.6 Å². The Morgan fingerprint density at radius 1 is 0.593 bits per heavy atom. The van der Waals surface area contributed by atoms with Gasteiger partial charge in [0, 0.05) is 18.3 Å². The molecule has 0 amide bonds. The average molecular weight is 352 g/mol. The predicted molar refractivity (Wildman–Crippen MR) is 110 cm³/mol. The van der Waals surface area contributed by atoms with Crippen LogP contribution in [0.1, 0.15) is 16.7 Å². The molecule has 132 valence electrons. The summed E-state index contributed by atoms with van der Waals surface area (Å²) in [5, 5.41) is 0. The Bertz CT molecular complexity index is 1010. The van der Waals surface area contributed by atoms with Gasteiger partial charge in [0.05, 0.1) is 6.61 Å². The summed E-state index contributed by atoms with van der Waals surface area (Å²) in [6.45, 7) is 0.385. The maximum Gasteiger partial charge on any atom is 0.195 e. The fourth-order valence-electron chi connectivity index (χ4n) is 3.65. The number of rotatable bonds is 5. The van der Waals surface area contributed by atoms with Crippen molar-refractivity contribution < 1.29 is 9.53 Å². The van der Waals surface area contributed by atoms with Crippen molar-refractivity contribution >= 4 is 22.5 Å². The molecule has 0 unspecified atom stereocenters. The lowest BCUT2D eigenvalue weighted by Crippen LogP contribution is -2.02. The number of ketones is 1. The lowest BCUT2D eigenvalue weighted by atomic mass is 9.93. The fourth-order valence-corrected chi connectivity index (χ4v) is 3.65. The number of allylic oxidation sites excluding steroid dienone is 2. The van der Waals surface area contributed by atoms with Crippen LogP contribution in [0.5, 0.6) is 0 Å². The highest BCUT2D eigenvalue weighted by Gasteiger charge is 2.34. The summed E-state index contributed by atoms with van der Waals surface area (Å²) in [5.41, 5.74) is 6.27. The molecule has 0 N–H and O–H groups in total. The number of hydrogen-bond donors (Lipinski definition) is 0. The van der Waals surface area contributed by atoms with Gasteiger partial charge in [0.1, 0.15) is 0 Å². The van der Waals surface area contributed by atoms with E-state index in [1.807, 2.05) is 78.9 Å². The van der Waals surface area contributed by atoms with Gasteiger partial charge in [-0.15, -0.1) is 0 Å². The molecule has 0 atom stereocenters.